The van der Waals surface area contributed by atoms with Crippen LogP contribution >= 0.6 is 0 Å². The van der Waals surface area contributed by atoms with Gasteiger partial charge in [0, 0.05) is 12.5 Å². The summed E-state index contributed by atoms with van der Waals surface area (Å²) in [7, 11) is 0. The first-order valence-corrected chi connectivity index (χ1v) is 4.09. The lowest BCUT2D eigenvalue weighted by Crippen LogP contribution is -2.17. The SMILES string of the molecule is CC(C)C(=O)Nc1nc(CN)co1. The van der Waals surface area contributed by atoms with E-state index in [0.717, 1.165) is 0 Å². The summed E-state index contributed by atoms with van der Waals surface area (Å²) in [6.45, 7) is 3.89. The Morgan fingerprint density at radius 3 is 2.92 bits per heavy atom. The summed E-state index contributed by atoms with van der Waals surface area (Å²) in [5, 5.41) is 2.52. The maximum atomic E-state index is 11.2. The quantitative estimate of drug-likeness (QED) is 0.723. The topological polar surface area (TPSA) is 81.2 Å². The zero-order valence-corrected chi connectivity index (χ0v) is 7.70. The predicted octanol–water partition coefficient (Wildman–Crippen LogP) is 0.728. The van der Waals surface area contributed by atoms with Gasteiger partial charge in [-0.2, -0.15) is 4.98 Å². The van der Waals surface area contributed by atoms with Gasteiger partial charge >= 0.3 is 6.01 Å². The Bertz CT molecular complexity index is 293. The molecule has 1 amide bonds. The first kappa shape index (κ1) is 9.73. The molecule has 72 valence electrons. The molecular weight excluding hydrogens is 170 g/mol. The number of hydrogen-bond donors (Lipinski definition) is 2. The van der Waals surface area contributed by atoms with E-state index in [1.165, 1.54) is 6.26 Å². The number of amides is 1. The zero-order chi connectivity index (χ0) is 9.84. The lowest BCUT2D eigenvalue weighted by molar-refractivity contribution is -0.119. The molecule has 0 aliphatic heterocycles. The molecule has 0 atom stereocenters. The van der Waals surface area contributed by atoms with Crippen molar-refractivity contribution in [3.63, 3.8) is 0 Å². The van der Waals surface area contributed by atoms with E-state index < -0.39 is 0 Å². The van der Waals surface area contributed by atoms with Crippen molar-refractivity contribution in [3.8, 4) is 0 Å². The maximum Gasteiger partial charge on any atom is 0.301 e. The summed E-state index contributed by atoms with van der Waals surface area (Å²) in [6, 6.07) is 0.208. The lowest BCUT2D eigenvalue weighted by Gasteiger charge is -2.01. The number of carbonyl (C=O) groups is 1. The van der Waals surface area contributed by atoms with Crippen LogP contribution < -0.4 is 11.1 Å². The Kier molecular flexibility index (Phi) is 3.02. The molecule has 5 nitrogen and oxygen atoms in total. The van der Waals surface area contributed by atoms with Crippen LogP contribution in [0.25, 0.3) is 0 Å². The van der Waals surface area contributed by atoms with Crippen LogP contribution in [0.3, 0.4) is 0 Å². The van der Waals surface area contributed by atoms with Crippen LogP contribution in [0.5, 0.6) is 0 Å². The van der Waals surface area contributed by atoms with Gasteiger partial charge in [-0.15, -0.1) is 0 Å². The third kappa shape index (κ3) is 2.55. The average Bonchev–Trinajstić information content (AvgIpc) is 2.52. The number of anilines is 1. The average molecular weight is 183 g/mol. The van der Waals surface area contributed by atoms with Crippen molar-refractivity contribution in [2.75, 3.05) is 5.32 Å². The van der Waals surface area contributed by atoms with Gasteiger partial charge in [0.05, 0.1) is 5.69 Å². The highest BCUT2D eigenvalue weighted by Crippen LogP contribution is 2.08. The van der Waals surface area contributed by atoms with Gasteiger partial charge < -0.3 is 10.2 Å². The highest BCUT2D eigenvalue weighted by molar-refractivity contribution is 5.89. The molecule has 1 rings (SSSR count). The van der Waals surface area contributed by atoms with Gasteiger partial charge in [0.15, 0.2) is 0 Å². The third-order valence-corrected chi connectivity index (χ3v) is 1.52. The van der Waals surface area contributed by atoms with Crippen molar-refractivity contribution in [1.82, 2.24) is 4.98 Å². The van der Waals surface area contributed by atoms with Gasteiger partial charge in [0.25, 0.3) is 0 Å². The molecular formula is C8H13N3O2. The molecule has 0 bridgehead atoms. The second-order valence-electron chi connectivity index (χ2n) is 2.99. The van der Waals surface area contributed by atoms with Crippen molar-refractivity contribution in [2.24, 2.45) is 11.7 Å². The Morgan fingerprint density at radius 1 is 1.77 bits per heavy atom. The molecule has 0 aromatic carbocycles. The van der Waals surface area contributed by atoms with E-state index in [1.807, 2.05) is 0 Å². The number of nitrogens with zero attached hydrogens (tertiary/aromatic N) is 1. The second-order valence-corrected chi connectivity index (χ2v) is 2.99. The number of oxazole rings is 1. The van der Waals surface area contributed by atoms with Crippen LogP contribution in [0, 0.1) is 5.92 Å². The number of rotatable bonds is 3. The van der Waals surface area contributed by atoms with Crippen LogP contribution in [0.4, 0.5) is 6.01 Å². The first-order valence-electron chi connectivity index (χ1n) is 4.09. The van der Waals surface area contributed by atoms with Gasteiger partial charge in [-0.3, -0.25) is 10.1 Å². The largest absolute Gasteiger partial charge is 0.432 e. The fourth-order valence-electron chi connectivity index (χ4n) is 0.708. The predicted molar refractivity (Wildman–Crippen MR) is 47.9 cm³/mol. The Hall–Kier alpha value is -1.36. The van der Waals surface area contributed by atoms with E-state index >= 15 is 0 Å². The second kappa shape index (κ2) is 4.04. The molecule has 0 aliphatic carbocycles. The van der Waals surface area contributed by atoms with E-state index in [4.69, 9.17) is 10.2 Å². The molecule has 0 spiro atoms. The molecule has 0 radical (unpaired) electrons. The minimum atomic E-state index is -0.120. The summed E-state index contributed by atoms with van der Waals surface area (Å²) in [5.74, 6) is -0.210. The molecule has 0 unspecified atom stereocenters. The van der Waals surface area contributed by atoms with Gasteiger partial charge in [0.2, 0.25) is 5.91 Å². The normalized spacial score (nSPS) is 10.5. The summed E-state index contributed by atoms with van der Waals surface area (Å²) in [5.41, 5.74) is 5.94. The summed E-state index contributed by atoms with van der Waals surface area (Å²) >= 11 is 0. The van der Waals surface area contributed by atoms with Crippen molar-refractivity contribution in [3.05, 3.63) is 12.0 Å². The van der Waals surface area contributed by atoms with Crippen LogP contribution in [-0.2, 0) is 11.3 Å². The van der Waals surface area contributed by atoms with E-state index in [1.54, 1.807) is 13.8 Å². The number of nitrogens with two attached hydrogens (primary N) is 1. The van der Waals surface area contributed by atoms with Crippen LogP contribution in [-0.4, -0.2) is 10.9 Å². The van der Waals surface area contributed by atoms with Crippen LogP contribution in [0.1, 0.15) is 19.5 Å². The number of aromatic nitrogens is 1. The summed E-state index contributed by atoms with van der Waals surface area (Å²) < 4.78 is 4.95. The maximum absolute atomic E-state index is 11.2. The number of carbonyl (C=O) groups excluding carboxylic acids is 1. The van der Waals surface area contributed by atoms with E-state index in [9.17, 15) is 4.79 Å². The number of hydrogen-bond acceptors (Lipinski definition) is 4. The Morgan fingerprint density at radius 2 is 2.46 bits per heavy atom. The Balaban J connectivity index is 2.59. The molecule has 13 heavy (non-hydrogen) atoms. The van der Waals surface area contributed by atoms with Crippen molar-refractivity contribution in [1.29, 1.82) is 0 Å². The zero-order valence-electron chi connectivity index (χ0n) is 7.70. The highest BCUT2D eigenvalue weighted by atomic mass is 16.4. The third-order valence-electron chi connectivity index (χ3n) is 1.52. The van der Waals surface area contributed by atoms with Gasteiger partial charge in [-0.25, -0.2) is 0 Å². The van der Waals surface area contributed by atoms with Crippen molar-refractivity contribution >= 4 is 11.9 Å². The van der Waals surface area contributed by atoms with Crippen LogP contribution in [0.15, 0.2) is 10.7 Å². The van der Waals surface area contributed by atoms with Gasteiger partial charge in [-0.1, -0.05) is 13.8 Å². The highest BCUT2D eigenvalue weighted by Gasteiger charge is 2.10. The van der Waals surface area contributed by atoms with Crippen molar-refractivity contribution in [2.45, 2.75) is 20.4 Å². The van der Waals surface area contributed by atoms with Crippen molar-refractivity contribution < 1.29 is 9.21 Å². The summed E-state index contributed by atoms with van der Waals surface area (Å²) in [4.78, 5) is 15.1. The molecule has 0 saturated carbocycles. The van der Waals surface area contributed by atoms with Gasteiger partial charge in [-0.05, 0) is 0 Å². The minimum absolute atomic E-state index is 0.0896. The summed E-state index contributed by atoms with van der Waals surface area (Å²) in [6.07, 6.45) is 1.43. The molecule has 3 N–H and O–H groups in total. The monoisotopic (exact) mass is 183 g/mol. The van der Waals surface area contributed by atoms with Gasteiger partial charge in [0.1, 0.15) is 6.26 Å². The smallest absolute Gasteiger partial charge is 0.301 e. The molecule has 0 fully saturated rings. The molecule has 1 aromatic heterocycles. The molecule has 1 aromatic rings. The van der Waals surface area contributed by atoms with E-state index in [-0.39, 0.29) is 17.8 Å². The Labute approximate surface area is 76.3 Å². The fourth-order valence-corrected chi connectivity index (χ4v) is 0.708. The number of nitrogens with one attached hydrogen (secondary N) is 1. The van der Waals surface area contributed by atoms with E-state index in [0.29, 0.717) is 12.2 Å². The lowest BCUT2D eigenvalue weighted by atomic mass is 10.2. The molecule has 5 heteroatoms. The standard InChI is InChI=1S/C8H13N3O2/c1-5(2)7(12)11-8-10-6(3-9)4-13-8/h4-5H,3,9H2,1-2H3,(H,10,11,12). The molecule has 0 saturated heterocycles. The first-order chi connectivity index (χ1) is 6.13. The fraction of sp³-hybridized carbons (Fsp3) is 0.500. The minimum Gasteiger partial charge on any atom is -0.432 e. The molecule has 1 heterocycles. The van der Waals surface area contributed by atoms with E-state index in [2.05, 4.69) is 10.3 Å². The molecule has 0 aliphatic rings. The van der Waals surface area contributed by atoms with Crippen LogP contribution in [0.2, 0.25) is 0 Å².